The second-order valence-corrected chi connectivity index (χ2v) is 7.67. The number of carbonyl (C=O) groups excluding carboxylic acids is 1. The summed E-state index contributed by atoms with van der Waals surface area (Å²) < 4.78 is 12.4. The van der Waals surface area contributed by atoms with E-state index in [0.29, 0.717) is 16.9 Å². The van der Waals surface area contributed by atoms with Crippen LogP contribution in [0.4, 0.5) is 0 Å². The lowest BCUT2D eigenvalue weighted by Gasteiger charge is -2.16. The smallest absolute Gasteiger partial charge is 0.252 e. The van der Waals surface area contributed by atoms with Gasteiger partial charge in [-0.25, -0.2) is 4.98 Å². The first-order valence-electron chi connectivity index (χ1n) is 10.3. The van der Waals surface area contributed by atoms with E-state index in [9.17, 15) is 4.79 Å². The predicted molar refractivity (Wildman–Crippen MR) is 124 cm³/mol. The number of aryl methyl sites for hydroxylation is 2. The Balaban J connectivity index is 1.77. The number of nitrogens with one attached hydrogen (secondary N) is 1. The van der Waals surface area contributed by atoms with E-state index in [1.165, 1.54) is 0 Å². The van der Waals surface area contributed by atoms with Crippen LogP contribution in [0.25, 0.3) is 22.3 Å². The molecule has 2 aromatic heterocycles. The summed E-state index contributed by atoms with van der Waals surface area (Å²) in [5.41, 5.74) is 4.44. The summed E-state index contributed by atoms with van der Waals surface area (Å²) in [6, 6.07) is 16.9. The standard InChI is InChI=1S/C25H26N4O3/c1-15(17-8-6-10-19(12-17)31-4)26-25(30)21-14-22(18-9-7-11-20(13-18)32-5)27-24-23(21)16(2)28-29(24)3/h6-15H,1-5H3,(H,26,30)/t15-/m1/s1. The van der Waals surface area contributed by atoms with Crippen LogP contribution < -0.4 is 14.8 Å². The SMILES string of the molecule is COc1cccc(-c2cc(C(=O)N[C@H](C)c3cccc(OC)c3)c3c(C)nn(C)c3n2)c1. The number of carbonyl (C=O) groups is 1. The van der Waals surface area contributed by atoms with Crippen molar-refractivity contribution in [3.8, 4) is 22.8 Å². The number of ether oxygens (including phenoxy) is 2. The van der Waals surface area contributed by atoms with Crippen molar-refractivity contribution in [3.05, 3.63) is 71.4 Å². The van der Waals surface area contributed by atoms with E-state index >= 15 is 0 Å². The van der Waals surface area contributed by atoms with Crippen LogP contribution in [0.2, 0.25) is 0 Å². The molecule has 164 valence electrons. The van der Waals surface area contributed by atoms with Crippen molar-refractivity contribution in [2.75, 3.05) is 14.2 Å². The Morgan fingerprint density at radius 1 is 1.03 bits per heavy atom. The summed E-state index contributed by atoms with van der Waals surface area (Å²) in [6.07, 6.45) is 0. The molecule has 0 saturated carbocycles. The van der Waals surface area contributed by atoms with Gasteiger partial charge in [-0.2, -0.15) is 5.10 Å². The molecule has 0 radical (unpaired) electrons. The molecule has 4 rings (SSSR count). The Hall–Kier alpha value is -3.87. The van der Waals surface area contributed by atoms with Gasteiger partial charge in [0, 0.05) is 12.6 Å². The molecule has 0 fully saturated rings. The molecule has 2 aromatic carbocycles. The highest BCUT2D eigenvalue weighted by Gasteiger charge is 2.21. The third-order valence-electron chi connectivity index (χ3n) is 5.52. The lowest BCUT2D eigenvalue weighted by atomic mass is 10.0. The molecule has 32 heavy (non-hydrogen) atoms. The molecule has 7 heteroatoms. The Bertz CT molecular complexity index is 1300. The number of pyridine rings is 1. The average Bonchev–Trinajstić information content (AvgIpc) is 3.11. The van der Waals surface area contributed by atoms with Crippen LogP contribution in [0.3, 0.4) is 0 Å². The fourth-order valence-electron chi connectivity index (χ4n) is 3.82. The van der Waals surface area contributed by atoms with Gasteiger partial charge in [-0.1, -0.05) is 24.3 Å². The van der Waals surface area contributed by atoms with E-state index in [1.807, 2.05) is 75.5 Å². The number of fused-ring (bicyclic) bond motifs is 1. The molecule has 0 aliphatic carbocycles. The van der Waals surface area contributed by atoms with Crippen LogP contribution in [0.5, 0.6) is 11.5 Å². The Labute approximate surface area is 187 Å². The van der Waals surface area contributed by atoms with E-state index in [4.69, 9.17) is 14.5 Å². The van der Waals surface area contributed by atoms with Crippen molar-refractivity contribution >= 4 is 16.9 Å². The fraction of sp³-hybridized carbons (Fsp3) is 0.240. The van der Waals surface area contributed by atoms with Crippen molar-refractivity contribution in [2.45, 2.75) is 19.9 Å². The highest BCUT2D eigenvalue weighted by atomic mass is 16.5. The van der Waals surface area contributed by atoms with Gasteiger partial charge in [-0.05, 0) is 49.7 Å². The normalized spacial score (nSPS) is 11.9. The summed E-state index contributed by atoms with van der Waals surface area (Å²) in [6.45, 7) is 3.83. The van der Waals surface area contributed by atoms with Gasteiger partial charge in [0.05, 0.1) is 42.6 Å². The highest BCUT2D eigenvalue weighted by Crippen LogP contribution is 2.29. The largest absolute Gasteiger partial charge is 0.497 e. The molecule has 0 spiro atoms. The van der Waals surface area contributed by atoms with E-state index in [0.717, 1.165) is 33.7 Å². The minimum absolute atomic E-state index is 0.187. The van der Waals surface area contributed by atoms with Crippen molar-refractivity contribution in [1.29, 1.82) is 0 Å². The quantitative estimate of drug-likeness (QED) is 0.489. The maximum Gasteiger partial charge on any atom is 0.252 e. The lowest BCUT2D eigenvalue weighted by Crippen LogP contribution is -2.27. The van der Waals surface area contributed by atoms with Crippen LogP contribution >= 0.6 is 0 Å². The highest BCUT2D eigenvalue weighted by molar-refractivity contribution is 6.07. The summed E-state index contributed by atoms with van der Waals surface area (Å²) in [4.78, 5) is 18.2. The van der Waals surface area contributed by atoms with Crippen LogP contribution in [-0.4, -0.2) is 34.9 Å². The van der Waals surface area contributed by atoms with Gasteiger partial charge in [0.25, 0.3) is 5.91 Å². The number of benzene rings is 2. The van der Waals surface area contributed by atoms with Crippen molar-refractivity contribution < 1.29 is 14.3 Å². The van der Waals surface area contributed by atoms with Gasteiger partial charge in [0.2, 0.25) is 0 Å². The zero-order chi connectivity index (χ0) is 22.8. The van der Waals surface area contributed by atoms with Crippen molar-refractivity contribution in [2.24, 2.45) is 7.05 Å². The lowest BCUT2D eigenvalue weighted by molar-refractivity contribution is 0.0941. The zero-order valence-corrected chi connectivity index (χ0v) is 18.8. The molecule has 2 heterocycles. The zero-order valence-electron chi connectivity index (χ0n) is 18.8. The van der Waals surface area contributed by atoms with Gasteiger partial charge in [0.1, 0.15) is 11.5 Å². The number of aromatic nitrogens is 3. The van der Waals surface area contributed by atoms with Crippen molar-refractivity contribution in [3.63, 3.8) is 0 Å². The number of hydrogen-bond donors (Lipinski definition) is 1. The van der Waals surface area contributed by atoms with E-state index < -0.39 is 0 Å². The Morgan fingerprint density at radius 2 is 1.72 bits per heavy atom. The number of nitrogens with zero attached hydrogens (tertiary/aromatic N) is 3. The third kappa shape index (κ3) is 4.01. The van der Waals surface area contributed by atoms with Gasteiger partial charge < -0.3 is 14.8 Å². The second kappa shape index (κ2) is 8.70. The predicted octanol–water partition coefficient (Wildman–Crippen LogP) is 4.45. The second-order valence-electron chi connectivity index (χ2n) is 7.67. The fourth-order valence-corrected chi connectivity index (χ4v) is 3.82. The summed E-state index contributed by atoms with van der Waals surface area (Å²) in [5, 5.41) is 8.35. The minimum Gasteiger partial charge on any atom is -0.497 e. The summed E-state index contributed by atoms with van der Waals surface area (Å²) >= 11 is 0. The van der Waals surface area contributed by atoms with Gasteiger partial charge in [0.15, 0.2) is 5.65 Å². The van der Waals surface area contributed by atoms with E-state index in [1.54, 1.807) is 18.9 Å². The molecule has 0 unspecified atom stereocenters. The molecular formula is C25H26N4O3. The van der Waals surface area contributed by atoms with Crippen LogP contribution in [-0.2, 0) is 7.05 Å². The van der Waals surface area contributed by atoms with Gasteiger partial charge >= 0.3 is 0 Å². The first-order valence-corrected chi connectivity index (χ1v) is 10.3. The van der Waals surface area contributed by atoms with Crippen molar-refractivity contribution in [1.82, 2.24) is 20.1 Å². The summed E-state index contributed by atoms with van der Waals surface area (Å²) in [5.74, 6) is 1.29. The number of amides is 1. The first-order chi connectivity index (χ1) is 15.4. The minimum atomic E-state index is -0.210. The van der Waals surface area contributed by atoms with Crippen LogP contribution in [0.15, 0.2) is 54.6 Å². The Morgan fingerprint density at radius 3 is 2.44 bits per heavy atom. The topological polar surface area (TPSA) is 78.3 Å². The maximum atomic E-state index is 13.4. The van der Waals surface area contributed by atoms with E-state index in [2.05, 4.69) is 10.4 Å². The summed E-state index contributed by atoms with van der Waals surface area (Å²) in [7, 11) is 5.08. The van der Waals surface area contributed by atoms with Gasteiger partial charge in [-0.3, -0.25) is 9.48 Å². The van der Waals surface area contributed by atoms with Crippen LogP contribution in [0.1, 0.15) is 34.6 Å². The molecule has 1 amide bonds. The molecule has 7 nitrogen and oxygen atoms in total. The molecule has 4 aromatic rings. The molecule has 0 aliphatic heterocycles. The number of hydrogen-bond acceptors (Lipinski definition) is 5. The molecule has 0 bridgehead atoms. The molecule has 0 saturated heterocycles. The first kappa shape index (κ1) is 21.4. The van der Waals surface area contributed by atoms with E-state index in [-0.39, 0.29) is 11.9 Å². The van der Waals surface area contributed by atoms with Gasteiger partial charge in [-0.15, -0.1) is 0 Å². The maximum absolute atomic E-state index is 13.4. The van der Waals surface area contributed by atoms with Crippen LogP contribution in [0, 0.1) is 6.92 Å². The molecule has 1 atom stereocenters. The number of rotatable bonds is 6. The third-order valence-corrected chi connectivity index (χ3v) is 5.52. The number of methoxy groups -OCH3 is 2. The average molecular weight is 431 g/mol. The molecule has 1 N–H and O–H groups in total. The molecule has 0 aliphatic rings. The molecular weight excluding hydrogens is 404 g/mol. The monoisotopic (exact) mass is 430 g/mol. The Kier molecular flexibility index (Phi) is 5.81.